The minimum Gasteiger partial charge on any atom is -0.453 e. The van der Waals surface area contributed by atoms with Crippen molar-refractivity contribution in [1.82, 2.24) is 20.2 Å². The molecule has 6 heteroatoms. The van der Waals surface area contributed by atoms with Gasteiger partial charge in [-0.25, -0.2) is 9.98 Å². The fourth-order valence-corrected chi connectivity index (χ4v) is 2.57. The van der Waals surface area contributed by atoms with Crippen LogP contribution in [0.5, 0.6) is 11.5 Å². The summed E-state index contributed by atoms with van der Waals surface area (Å²) < 4.78 is 5.96. The molecule has 0 amide bonds. The van der Waals surface area contributed by atoms with Crippen molar-refractivity contribution in [3.05, 3.63) is 42.5 Å². The topological polar surface area (TPSA) is 62.6 Å². The van der Waals surface area contributed by atoms with Crippen LogP contribution in [-0.2, 0) is 0 Å². The second-order valence-electron chi connectivity index (χ2n) is 4.97. The van der Waals surface area contributed by atoms with E-state index < -0.39 is 0 Å². The van der Waals surface area contributed by atoms with Crippen LogP contribution >= 0.6 is 0 Å². The molecule has 1 N–H and O–H groups in total. The summed E-state index contributed by atoms with van der Waals surface area (Å²) in [5.41, 5.74) is 1.53. The summed E-state index contributed by atoms with van der Waals surface area (Å²) in [6, 6.07) is 5.63. The van der Waals surface area contributed by atoms with Crippen molar-refractivity contribution in [3.63, 3.8) is 0 Å². The summed E-state index contributed by atoms with van der Waals surface area (Å²) in [4.78, 5) is 15.6. The lowest BCUT2D eigenvalue weighted by atomic mass is 10.2. The van der Waals surface area contributed by atoms with Crippen LogP contribution in [0.1, 0.15) is 5.69 Å². The van der Waals surface area contributed by atoms with Gasteiger partial charge in [0.2, 0.25) is 0 Å². The molecule has 0 bridgehead atoms. The van der Waals surface area contributed by atoms with Crippen LogP contribution in [0, 0.1) is 0 Å². The van der Waals surface area contributed by atoms with E-state index in [-0.39, 0.29) is 0 Å². The second kappa shape index (κ2) is 5.14. The molecule has 21 heavy (non-hydrogen) atoms. The van der Waals surface area contributed by atoms with Gasteiger partial charge in [0.05, 0.1) is 6.20 Å². The van der Waals surface area contributed by atoms with Crippen molar-refractivity contribution in [2.75, 3.05) is 26.2 Å². The Kier molecular flexibility index (Phi) is 3.01. The summed E-state index contributed by atoms with van der Waals surface area (Å²) in [7, 11) is 0. The van der Waals surface area contributed by atoms with Gasteiger partial charge in [-0.05, 0) is 12.1 Å². The van der Waals surface area contributed by atoms with Crippen LogP contribution in [0.3, 0.4) is 0 Å². The van der Waals surface area contributed by atoms with Gasteiger partial charge in [-0.2, -0.15) is 0 Å². The Balaban J connectivity index is 1.87. The Bertz CT molecular complexity index is 694. The van der Waals surface area contributed by atoms with Crippen LogP contribution in [0.2, 0.25) is 0 Å². The second-order valence-corrected chi connectivity index (χ2v) is 4.97. The first-order valence-electron chi connectivity index (χ1n) is 7.03. The van der Waals surface area contributed by atoms with Crippen molar-refractivity contribution in [2.24, 2.45) is 4.99 Å². The van der Waals surface area contributed by atoms with Crippen molar-refractivity contribution < 1.29 is 4.74 Å². The molecule has 1 fully saturated rings. The van der Waals surface area contributed by atoms with Crippen LogP contribution < -0.4 is 10.1 Å². The summed E-state index contributed by atoms with van der Waals surface area (Å²) in [5, 5.41) is 3.35. The molecule has 6 nitrogen and oxygen atoms in total. The number of piperazine rings is 1. The zero-order valence-electron chi connectivity index (χ0n) is 11.5. The number of hydrogen-bond donors (Lipinski definition) is 1. The molecule has 4 heterocycles. The molecule has 0 radical (unpaired) electrons. The average Bonchev–Trinajstić information content (AvgIpc) is 2.72. The third-order valence-corrected chi connectivity index (χ3v) is 3.61. The molecule has 106 valence electrons. The minimum atomic E-state index is 0.712. The number of amidine groups is 1. The molecule has 1 saturated heterocycles. The molecule has 0 atom stereocenters. The number of aliphatic imine (C=N–C) groups is 1. The van der Waals surface area contributed by atoms with Crippen LogP contribution in [0.15, 0.2) is 41.8 Å². The fourth-order valence-electron chi connectivity index (χ4n) is 2.57. The number of rotatable bonds is 0. The highest BCUT2D eigenvalue weighted by Gasteiger charge is 2.24. The van der Waals surface area contributed by atoms with E-state index in [1.54, 1.807) is 18.6 Å². The molecule has 0 spiro atoms. The zero-order chi connectivity index (χ0) is 14.1. The number of aromatic nitrogens is 2. The maximum atomic E-state index is 5.96. The quantitative estimate of drug-likeness (QED) is 0.794. The van der Waals surface area contributed by atoms with Crippen molar-refractivity contribution >= 4 is 11.5 Å². The molecule has 0 saturated carbocycles. The third kappa shape index (κ3) is 2.23. The predicted molar refractivity (Wildman–Crippen MR) is 79.2 cm³/mol. The fraction of sp³-hybridized carbons (Fsp3) is 0.267. The van der Waals surface area contributed by atoms with E-state index in [9.17, 15) is 0 Å². The van der Waals surface area contributed by atoms with E-state index in [0.29, 0.717) is 5.75 Å². The number of hydrogen-bond acceptors (Lipinski definition) is 6. The smallest absolute Gasteiger partial charge is 0.159 e. The molecule has 0 aliphatic carbocycles. The molecule has 2 aliphatic rings. The number of nitrogens with zero attached hydrogens (tertiary/aromatic N) is 4. The average molecular weight is 281 g/mol. The maximum absolute atomic E-state index is 5.96. The minimum absolute atomic E-state index is 0.712. The Morgan fingerprint density at radius 2 is 2.00 bits per heavy atom. The molecular formula is C15H15N5O. The van der Waals surface area contributed by atoms with E-state index in [2.05, 4.69) is 20.2 Å². The molecule has 2 aromatic heterocycles. The number of fused-ring (bicyclic) bond motifs is 2. The first-order chi connectivity index (χ1) is 10.4. The summed E-state index contributed by atoms with van der Waals surface area (Å²) in [6.07, 6.45) is 5.21. The highest BCUT2D eigenvalue weighted by Crippen LogP contribution is 2.36. The molecule has 0 aromatic carbocycles. The van der Waals surface area contributed by atoms with Gasteiger partial charge in [0, 0.05) is 44.6 Å². The lowest BCUT2D eigenvalue weighted by Crippen LogP contribution is -2.46. The Morgan fingerprint density at radius 1 is 1.10 bits per heavy atom. The van der Waals surface area contributed by atoms with Gasteiger partial charge >= 0.3 is 0 Å². The highest BCUT2D eigenvalue weighted by atomic mass is 16.5. The zero-order valence-corrected chi connectivity index (χ0v) is 11.5. The van der Waals surface area contributed by atoms with Crippen molar-refractivity contribution in [3.8, 4) is 11.5 Å². The summed E-state index contributed by atoms with van der Waals surface area (Å²) >= 11 is 0. The Morgan fingerprint density at radius 3 is 2.90 bits per heavy atom. The number of nitrogens with one attached hydrogen (secondary N) is 1. The molecule has 2 aliphatic heterocycles. The van der Waals surface area contributed by atoms with Gasteiger partial charge in [-0.3, -0.25) is 4.98 Å². The standard InChI is InChI=1S/C15H15N5O/c1-2-13-14(18-4-1)15(20-8-6-16-7-9-20)19-11-10-17-5-3-12(11)21-13/h1-5,10,16H,6-9H2. The van der Waals surface area contributed by atoms with Gasteiger partial charge < -0.3 is 15.0 Å². The van der Waals surface area contributed by atoms with E-state index in [4.69, 9.17) is 9.73 Å². The van der Waals surface area contributed by atoms with Crippen molar-refractivity contribution in [1.29, 1.82) is 0 Å². The lowest BCUT2D eigenvalue weighted by molar-refractivity contribution is 0.357. The van der Waals surface area contributed by atoms with Crippen LogP contribution in [0.25, 0.3) is 0 Å². The Hall–Kier alpha value is -2.47. The van der Waals surface area contributed by atoms with E-state index in [1.165, 1.54) is 0 Å². The monoisotopic (exact) mass is 281 g/mol. The van der Waals surface area contributed by atoms with Crippen LogP contribution in [0.4, 0.5) is 5.69 Å². The van der Waals surface area contributed by atoms with Crippen molar-refractivity contribution in [2.45, 2.75) is 0 Å². The first-order valence-corrected chi connectivity index (χ1v) is 7.03. The SMILES string of the molecule is c1cnc2c(c1)Oc1ccncc1N=C2N1CCNCC1. The van der Waals surface area contributed by atoms with Gasteiger partial charge in [-0.15, -0.1) is 0 Å². The van der Waals surface area contributed by atoms with Gasteiger partial charge in [0.15, 0.2) is 17.3 Å². The first kappa shape index (κ1) is 12.3. The van der Waals surface area contributed by atoms with Crippen LogP contribution in [-0.4, -0.2) is 46.9 Å². The lowest BCUT2D eigenvalue weighted by Gasteiger charge is -2.29. The van der Waals surface area contributed by atoms with E-state index in [0.717, 1.165) is 49.1 Å². The van der Waals surface area contributed by atoms with Gasteiger partial charge in [0.1, 0.15) is 11.4 Å². The predicted octanol–water partition coefficient (Wildman–Crippen LogP) is 1.57. The van der Waals surface area contributed by atoms with E-state index in [1.807, 2.05) is 18.2 Å². The molecular weight excluding hydrogens is 266 g/mol. The summed E-state index contributed by atoms with van der Waals surface area (Å²) in [5.74, 6) is 2.31. The maximum Gasteiger partial charge on any atom is 0.159 e. The highest BCUT2D eigenvalue weighted by molar-refractivity contribution is 6.02. The van der Waals surface area contributed by atoms with Gasteiger partial charge in [0.25, 0.3) is 0 Å². The van der Waals surface area contributed by atoms with E-state index >= 15 is 0 Å². The third-order valence-electron chi connectivity index (χ3n) is 3.61. The molecule has 2 aromatic rings. The number of pyridine rings is 2. The number of ether oxygens (including phenoxy) is 1. The molecule has 4 rings (SSSR count). The Labute approximate surface area is 122 Å². The summed E-state index contributed by atoms with van der Waals surface area (Å²) in [6.45, 7) is 3.71. The van der Waals surface area contributed by atoms with Gasteiger partial charge in [-0.1, -0.05) is 0 Å². The molecule has 0 unspecified atom stereocenters. The normalized spacial score (nSPS) is 17.1. The largest absolute Gasteiger partial charge is 0.453 e.